The largest absolute Gasteiger partial charge is 0.497 e. The van der Waals surface area contributed by atoms with Crippen LogP contribution >= 0.6 is 23.2 Å². The number of ether oxygens (including phenoxy) is 1. The van der Waals surface area contributed by atoms with E-state index in [4.69, 9.17) is 38.7 Å². The van der Waals surface area contributed by atoms with Gasteiger partial charge in [0.05, 0.1) is 34.2 Å². The van der Waals surface area contributed by atoms with Gasteiger partial charge in [-0.1, -0.05) is 48.7 Å². The topological polar surface area (TPSA) is 53.1 Å². The molecule has 0 spiro atoms. The summed E-state index contributed by atoms with van der Waals surface area (Å²) in [5, 5.41) is 1.01. The van der Waals surface area contributed by atoms with Crippen LogP contribution in [0.1, 0.15) is 37.2 Å². The van der Waals surface area contributed by atoms with Crippen LogP contribution in [0.3, 0.4) is 0 Å². The average Bonchev–Trinajstić information content (AvgIpc) is 2.93. The number of halogens is 2. The van der Waals surface area contributed by atoms with Gasteiger partial charge >= 0.3 is 0 Å². The lowest BCUT2D eigenvalue weighted by Crippen LogP contribution is -2.17. The van der Waals surface area contributed by atoms with Crippen LogP contribution in [0, 0.1) is 0 Å². The molecular weight excluding hydrogens is 357 g/mol. The first-order valence-electron chi connectivity index (χ1n) is 8.27. The summed E-state index contributed by atoms with van der Waals surface area (Å²) >= 11 is 12.4. The maximum Gasteiger partial charge on any atom is 0.127 e. The van der Waals surface area contributed by atoms with Gasteiger partial charge in [0.1, 0.15) is 11.6 Å². The molecule has 1 aromatic heterocycles. The van der Waals surface area contributed by atoms with Gasteiger partial charge in [-0.05, 0) is 36.2 Å². The fourth-order valence-electron chi connectivity index (χ4n) is 2.98. The standard InChI is InChI=1S/C19H21Cl2N3O/c1-3-5-16(22)19-23-17-9-14(20)15(21)10-18(17)24(19)11-12-6-4-7-13(8-12)25-2/h4,6-10,16H,3,5,11,22H2,1-2H3/t16-/m0/s1. The number of hydrogen-bond donors (Lipinski definition) is 1. The van der Waals surface area contributed by atoms with Crippen molar-refractivity contribution in [2.24, 2.45) is 5.73 Å². The third-order valence-corrected chi connectivity index (χ3v) is 4.95. The van der Waals surface area contributed by atoms with Crippen LogP contribution in [-0.4, -0.2) is 16.7 Å². The zero-order valence-electron chi connectivity index (χ0n) is 14.3. The summed E-state index contributed by atoms with van der Waals surface area (Å²) in [7, 11) is 1.66. The molecule has 1 atom stereocenters. The molecule has 132 valence electrons. The van der Waals surface area contributed by atoms with Gasteiger partial charge in [0, 0.05) is 6.54 Å². The molecule has 0 unspecified atom stereocenters. The molecule has 0 amide bonds. The molecule has 0 aliphatic carbocycles. The van der Waals surface area contributed by atoms with Gasteiger partial charge in [0.25, 0.3) is 0 Å². The van der Waals surface area contributed by atoms with Crippen molar-refractivity contribution < 1.29 is 4.74 Å². The third-order valence-electron chi connectivity index (χ3n) is 4.23. The minimum Gasteiger partial charge on any atom is -0.497 e. The Labute approximate surface area is 157 Å². The van der Waals surface area contributed by atoms with Crippen molar-refractivity contribution in [2.45, 2.75) is 32.4 Å². The maximum absolute atomic E-state index is 6.38. The molecule has 0 saturated carbocycles. The lowest BCUT2D eigenvalue weighted by atomic mass is 10.1. The Morgan fingerprint density at radius 1 is 1.20 bits per heavy atom. The molecule has 0 aliphatic rings. The predicted molar refractivity (Wildman–Crippen MR) is 104 cm³/mol. The summed E-state index contributed by atoms with van der Waals surface area (Å²) in [6.45, 7) is 2.75. The van der Waals surface area contributed by atoms with E-state index in [-0.39, 0.29) is 6.04 Å². The number of methoxy groups -OCH3 is 1. The molecular formula is C19H21Cl2N3O. The van der Waals surface area contributed by atoms with Crippen molar-refractivity contribution in [1.29, 1.82) is 0 Å². The molecule has 0 radical (unpaired) electrons. The number of nitrogens with two attached hydrogens (primary N) is 1. The summed E-state index contributed by atoms with van der Waals surface area (Å²) in [4.78, 5) is 4.74. The Bertz CT molecular complexity index is 892. The van der Waals surface area contributed by atoms with Crippen molar-refractivity contribution >= 4 is 34.2 Å². The molecule has 25 heavy (non-hydrogen) atoms. The minimum atomic E-state index is -0.138. The van der Waals surface area contributed by atoms with Gasteiger partial charge in [-0.2, -0.15) is 0 Å². The van der Waals surface area contributed by atoms with Crippen molar-refractivity contribution in [3.8, 4) is 5.75 Å². The highest BCUT2D eigenvalue weighted by atomic mass is 35.5. The summed E-state index contributed by atoms with van der Waals surface area (Å²) in [5.74, 6) is 1.67. The Hall–Kier alpha value is -1.75. The maximum atomic E-state index is 6.38. The first-order valence-corrected chi connectivity index (χ1v) is 9.02. The van der Waals surface area contributed by atoms with E-state index >= 15 is 0 Å². The van der Waals surface area contributed by atoms with Gasteiger partial charge in [0.15, 0.2) is 0 Å². The smallest absolute Gasteiger partial charge is 0.127 e. The zero-order valence-corrected chi connectivity index (χ0v) is 15.8. The quantitative estimate of drug-likeness (QED) is 0.641. The monoisotopic (exact) mass is 377 g/mol. The fraction of sp³-hybridized carbons (Fsp3) is 0.316. The lowest BCUT2D eigenvalue weighted by molar-refractivity contribution is 0.414. The Morgan fingerprint density at radius 2 is 1.96 bits per heavy atom. The average molecular weight is 378 g/mol. The van der Waals surface area contributed by atoms with E-state index in [0.717, 1.165) is 41.0 Å². The number of rotatable bonds is 6. The molecule has 4 nitrogen and oxygen atoms in total. The molecule has 0 fully saturated rings. The van der Waals surface area contributed by atoms with Crippen molar-refractivity contribution in [3.05, 3.63) is 57.8 Å². The van der Waals surface area contributed by atoms with E-state index in [9.17, 15) is 0 Å². The van der Waals surface area contributed by atoms with Crippen LogP contribution in [0.15, 0.2) is 36.4 Å². The minimum absolute atomic E-state index is 0.138. The lowest BCUT2D eigenvalue weighted by Gasteiger charge is -2.15. The third kappa shape index (κ3) is 3.76. The second-order valence-electron chi connectivity index (χ2n) is 6.06. The number of fused-ring (bicyclic) bond motifs is 1. The summed E-state index contributed by atoms with van der Waals surface area (Å²) in [6.07, 6.45) is 1.86. The van der Waals surface area contributed by atoms with E-state index in [1.165, 1.54) is 0 Å². The van der Waals surface area contributed by atoms with E-state index < -0.39 is 0 Å². The van der Waals surface area contributed by atoms with Crippen LogP contribution in [0.4, 0.5) is 0 Å². The Balaban J connectivity index is 2.12. The predicted octanol–water partition coefficient (Wildman–Crippen LogP) is 5.20. The normalized spacial score (nSPS) is 12.5. The highest BCUT2D eigenvalue weighted by Crippen LogP contribution is 2.31. The van der Waals surface area contributed by atoms with Gasteiger partial charge < -0.3 is 15.0 Å². The van der Waals surface area contributed by atoms with E-state index in [0.29, 0.717) is 16.6 Å². The second-order valence-corrected chi connectivity index (χ2v) is 6.87. The molecule has 0 saturated heterocycles. The van der Waals surface area contributed by atoms with Crippen LogP contribution in [0.2, 0.25) is 10.0 Å². The summed E-state index contributed by atoms with van der Waals surface area (Å²) < 4.78 is 7.44. The summed E-state index contributed by atoms with van der Waals surface area (Å²) in [5.41, 5.74) is 9.22. The van der Waals surface area contributed by atoms with Crippen molar-refractivity contribution in [3.63, 3.8) is 0 Å². The van der Waals surface area contributed by atoms with Crippen molar-refractivity contribution in [1.82, 2.24) is 9.55 Å². The molecule has 0 bridgehead atoms. The SMILES string of the molecule is CCC[C@H](N)c1nc2cc(Cl)c(Cl)cc2n1Cc1cccc(OC)c1. The van der Waals surface area contributed by atoms with Crippen LogP contribution in [0.5, 0.6) is 5.75 Å². The summed E-state index contributed by atoms with van der Waals surface area (Å²) in [6, 6.07) is 11.5. The fourth-order valence-corrected chi connectivity index (χ4v) is 3.30. The van der Waals surface area contributed by atoms with Crippen LogP contribution in [0.25, 0.3) is 11.0 Å². The Kier molecular flexibility index (Phi) is 5.52. The van der Waals surface area contributed by atoms with Gasteiger partial charge in [-0.25, -0.2) is 4.98 Å². The van der Waals surface area contributed by atoms with E-state index in [1.54, 1.807) is 13.2 Å². The molecule has 3 aromatic rings. The van der Waals surface area contributed by atoms with Gasteiger partial charge in [-0.3, -0.25) is 0 Å². The number of aromatic nitrogens is 2. The zero-order chi connectivity index (χ0) is 18.0. The number of benzene rings is 2. The second kappa shape index (κ2) is 7.65. The van der Waals surface area contributed by atoms with Crippen molar-refractivity contribution in [2.75, 3.05) is 7.11 Å². The molecule has 3 rings (SSSR count). The molecule has 2 aromatic carbocycles. The Morgan fingerprint density at radius 3 is 2.68 bits per heavy atom. The molecule has 1 heterocycles. The van der Waals surface area contributed by atoms with Gasteiger partial charge in [-0.15, -0.1) is 0 Å². The highest BCUT2D eigenvalue weighted by molar-refractivity contribution is 6.42. The van der Waals surface area contributed by atoms with Crippen LogP contribution in [-0.2, 0) is 6.54 Å². The first-order chi connectivity index (χ1) is 12.0. The number of imidazole rings is 1. The van der Waals surface area contributed by atoms with Gasteiger partial charge in [0.2, 0.25) is 0 Å². The van der Waals surface area contributed by atoms with E-state index in [2.05, 4.69) is 17.6 Å². The highest BCUT2D eigenvalue weighted by Gasteiger charge is 2.18. The number of hydrogen-bond acceptors (Lipinski definition) is 3. The molecule has 0 aliphatic heterocycles. The molecule has 6 heteroatoms. The number of nitrogens with zero attached hydrogens (tertiary/aromatic N) is 2. The van der Waals surface area contributed by atoms with E-state index in [1.807, 2.05) is 24.3 Å². The first kappa shape index (κ1) is 18.1. The van der Waals surface area contributed by atoms with Crippen LogP contribution < -0.4 is 10.5 Å². The molecule has 2 N–H and O–H groups in total.